The van der Waals surface area contributed by atoms with Gasteiger partial charge in [-0.3, -0.25) is 9.69 Å². The van der Waals surface area contributed by atoms with Crippen LogP contribution in [0.4, 0.5) is 5.95 Å². The molecule has 6 rings (SSSR count). The quantitative estimate of drug-likeness (QED) is 0.229. The lowest BCUT2D eigenvalue weighted by Crippen LogP contribution is -2.36. The summed E-state index contributed by atoms with van der Waals surface area (Å²) in [6.07, 6.45) is 11.3. The van der Waals surface area contributed by atoms with Gasteiger partial charge in [0.15, 0.2) is 5.75 Å². The maximum Gasteiger partial charge on any atom is 0.305 e. The lowest BCUT2D eigenvalue weighted by molar-refractivity contribution is -0.142. The molecule has 2 aliphatic heterocycles. The standard InChI is InChI=1S/C30H31Cl2N7O3/c1-41-29(40)13-20-4-8-37(9-5-20)19-21-11-26(22-14-23(31)16-24(32)15-22)36-28(12-21)42-25-17-34-30(35-18-25)39-7-2-3-27-33-6-10-38(27)39/h6,10-12,14-18,20H,2-5,7-9,13,19H2,1H3. The molecule has 4 aromatic rings. The van der Waals surface area contributed by atoms with Crippen LogP contribution in [-0.2, 0) is 22.5 Å². The van der Waals surface area contributed by atoms with Gasteiger partial charge < -0.3 is 9.47 Å². The minimum Gasteiger partial charge on any atom is -0.469 e. The molecular weight excluding hydrogens is 577 g/mol. The Labute approximate surface area is 254 Å². The highest BCUT2D eigenvalue weighted by atomic mass is 35.5. The summed E-state index contributed by atoms with van der Waals surface area (Å²) in [5.41, 5.74) is 2.53. The van der Waals surface area contributed by atoms with Crippen molar-refractivity contribution < 1.29 is 14.3 Å². The summed E-state index contributed by atoms with van der Waals surface area (Å²) in [6, 6.07) is 9.34. The second-order valence-electron chi connectivity index (χ2n) is 10.6. The van der Waals surface area contributed by atoms with E-state index in [9.17, 15) is 4.79 Å². The van der Waals surface area contributed by atoms with Gasteiger partial charge in [0.25, 0.3) is 0 Å². The van der Waals surface area contributed by atoms with Gasteiger partial charge in [-0.05, 0) is 68.1 Å². The van der Waals surface area contributed by atoms with E-state index >= 15 is 0 Å². The van der Waals surface area contributed by atoms with Gasteiger partial charge in [0.05, 0.1) is 25.2 Å². The number of benzene rings is 1. The molecule has 42 heavy (non-hydrogen) atoms. The van der Waals surface area contributed by atoms with Crippen molar-refractivity contribution in [3.05, 3.63) is 76.6 Å². The summed E-state index contributed by atoms with van der Waals surface area (Å²) in [6.45, 7) is 3.30. The summed E-state index contributed by atoms with van der Waals surface area (Å²) in [4.78, 5) is 32.4. The predicted octanol–water partition coefficient (Wildman–Crippen LogP) is 5.83. The van der Waals surface area contributed by atoms with Crippen molar-refractivity contribution in [2.75, 3.05) is 31.8 Å². The fourth-order valence-corrected chi connectivity index (χ4v) is 6.04. The summed E-state index contributed by atoms with van der Waals surface area (Å²) in [5, 5.41) is 3.06. The number of likely N-dealkylation sites (tertiary alicyclic amines) is 1. The van der Waals surface area contributed by atoms with Crippen molar-refractivity contribution >= 4 is 35.1 Å². The van der Waals surface area contributed by atoms with E-state index in [1.807, 2.05) is 40.1 Å². The van der Waals surface area contributed by atoms with Gasteiger partial charge in [-0.2, -0.15) is 0 Å². The van der Waals surface area contributed by atoms with Crippen LogP contribution in [0.2, 0.25) is 10.0 Å². The van der Waals surface area contributed by atoms with Gasteiger partial charge in [0.2, 0.25) is 11.8 Å². The van der Waals surface area contributed by atoms with E-state index < -0.39 is 0 Å². The number of aryl methyl sites for hydroxylation is 1. The first kappa shape index (κ1) is 28.4. The number of hydrogen-bond donors (Lipinski definition) is 0. The zero-order valence-corrected chi connectivity index (χ0v) is 24.8. The van der Waals surface area contributed by atoms with Crippen molar-refractivity contribution in [2.24, 2.45) is 5.92 Å². The van der Waals surface area contributed by atoms with Crippen LogP contribution in [-0.4, -0.2) is 62.2 Å². The lowest BCUT2D eigenvalue weighted by Gasteiger charge is -2.31. The number of pyridine rings is 1. The third kappa shape index (κ3) is 6.67. The molecular formula is C30H31Cl2N7O3. The number of methoxy groups -OCH3 is 1. The molecule has 12 heteroatoms. The maximum atomic E-state index is 11.7. The Morgan fingerprint density at radius 3 is 2.50 bits per heavy atom. The molecule has 0 radical (unpaired) electrons. The number of hydrogen-bond acceptors (Lipinski definition) is 9. The Bertz CT molecular complexity index is 1530. The number of carbonyl (C=O) groups excluding carboxylic acids is 1. The molecule has 5 heterocycles. The first-order chi connectivity index (χ1) is 20.4. The third-order valence-corrected chi connectivity index (χ3v) is 8.05. The predicted molar refractivity (Wildman–Crippen MR) is 160 cm³/mol. The molecule has 2 aliphatic rings. The van der Waals surface area contributed by atoms with Crippen LogP contribution in [0.1, 0.15) is 37.1 Å². The van der Waals surface area contributed by atoms with Crippen molar-refractivity contribution in [3.63, 3.8) is 0 Å². The second kappa shape index (κ2) is 12.6. The Kier molecular flexibility index (Phi) is 8.55. The van der Waals surface area contributed by atoms with Gasteiger partial charge in [-0.1, -0.05) is 23.2 Å². The summed E-state index contributed by atoms with van der Waals surface area (Å²) in [7, 11) is 1.44. The number of aromatic nitrogens is 5. The number of anilines is 1. The van der Waals surface area contributed by atoms with Crippen LogP contribution in [0.3, 0.4) is 0 Å². The van der Waals surface area contributed by atoms with E-state index in [0.29, 0.717) is 52.2 Å². The highest BCUT2D eigenvalue weighted by Gasteiger charge is 2.23. The van der Waals surface area contributed by atoms with Crippen molar-refractivity contribution in [1.29, 1.82) is 0 Å². The molecule has 0 N–H and O–H groups in total. The number of rotatable bonds is 8. The van der Waals surface area contributed by atoms with Crippen LogP contribution in [0.5, 0.6) is 11.6 Å². The van der Waals surface area contributed by atoms with Crippen LogP contribution in [0, 0.1) is 5.92 Å². The van der Waals surface area contributed by atoms with E-state index in [1.165, 1.54) is 7.11 Å². The Morgan fingerprint density at radius 1 is 1.00 bits per heavy atom. The zero-order valence-electron chi connectivity index (χ0n) is 23.2. The highest BCUT2D eigenvalue weighted by molar-refractivity contribution is 6.35. The number of nitrogens with zero attached hydrogens (tertiary/aromatic N) is 7. The van der Waals surface area contributed by atoms with E-state index in [0.717, 1.165) is 62.3 Å². The first-order valence-electron chi connectivity index (χ1n) is 14.0. The molecule has 1 aromatic carbocycles. The van der Waals surface area contributed by atoms with E-state index in [2.05, 4.69) is 19.9 Å². The van der Waals surface area contributed by atoms with Gasteiger partial charge in [0, 0.05) is 60.0 Å². The molecule has 0 saturated carbocycles. The molecule has 10 nitrogen and oxygen atoms in total. The third-order valence-electron chi connectivity index (χ3n) is 7.61. The molecule has 0 atom stereocenters. The van der Waals surface area contributed by atoms with E-state index in [4.69, 9.17) is 37.7 Å². The average Bonchev–Trinajstić information content (AvgIpc) is 3.47. The Hall–Kier alpha value is -3.73. The summed E-state index contributed by atoms with van der Waals surface area (Å²) < 4.78 is 13.0. The fraction of sp³-hybridized carbons (Fsp3) is 0.367. The number of carbonyl (C=O) groups is 1. The normalized spacial score (nSPS) is 15.8. The van der Waals surface area contributed by atoms with Crippen LogP contribution in [0.15, 0.2) is 55.1 Å². The van der Waals surface area contributed by atoms with Gasteiger partial charge in [-0.25, -0.2) is 29.6 Å². The number of ether oxygens (including phenoxy) is 2. The van der Waals surface area contributed by atoms with E-state index in [1.54, 1.807) is 24.7 Å². The first-order valence-corrected chi connectivity index (χ1v) is 14.8. The maximum absolute atomic E-state index is 11.7. The number of esters is 1. The van der Waals surface area contributed by atoms with Crippen LogP contribution in [0.25, 0.3) is 11.3 Å². The highest BCUT2D eigenvalue weighted by Crippen LogP contribution is 2.31. The SMILES string of the molecule is COC(=O)CC1CCN(Cc2cc(Oc3cnc(N4CCCc5nccn54)nc3)nc(-c3cc(Cl)cc(Cl)c3)c2)CC1. The fourth-order valence-electron chi connectivity index (χ4n) is 5.51. The van der Waals surface area contributed by atoms with Gasteiger partial charge in [-0.15, -0.1) is 0 Å². The number of fused-ring (bicyclic) bond motifs is 1. The number of imidazole rings is 1. The monoisotopic (exact) mass is 607 g/mol. The Balaban J connectivity index is 1.22. The van der Waals surface area contributed by atoms with Gasteiger partial charge >= 0.3 is 5.97 Å². The van der Waals surface area contributed by atoms with Crippen LogP contribution < -0.4 is 9.75 Å². The van der Waals surface area contributed by atoms with Crippen molar-refractivity contribution in [3.8, 4) is 22.9 Å². The number of halogens is 2. The van der Waals surface area contributed by atoms with Crippen molar-refractivity contribution in [2.45, 2.75) is 38.6 Å². The van der Waals surface area contributed by atoms with Gasteiger partial charge in [0.1, 0.15) is 5.82 Å². The second-order valence-corrected chi connectivity index (χ2v) is 11.5. The lowest BCUT2D eigenvalue weighted by atomic mass is 9.93. The smallest absolute Gasteiger partial charge is 0.305 e. The molecule has 1 saturated heterocycles. The molecule has 3 aromatic heterocycles. The minimum absolute atomic E-state index is 0.145. The average molecular weight is 609 g/mol. The molecule has 0 bridgehead atoms. The largest absolute Gasteiger partial charge is 0.469 e. The molecule has 218 valence electrons. The Morgan fingerprint density at radius 2 is 1.76 bits per heavy atom. The topological polar surface area (TPSA) is 98.5 Å². The minimum atomic E-state index is -0.145. The zero-order chi connectivity index (χ0) is 29.1. The van der Waals surface area contributed by atoms with Crippen molar-refractivity contribution in [1.82, 2.24) is 29.5 Å². The summed E-state index contributed by atoms with van der Waals surface area (Å²) >= 11 is 12.6. The number of piperidine rings is 1. The van der Waals surface area contributed by atoms with Crippen LogP contribution >= 0.6 is 23.2 Å². The molecule has 0 amide bonds. The molecule has 0 aliphatic carbocycles. The summed E-state index contributed by atoms with van der Waals surface area (Å²) in [5.74, 6) is 2.67. The molecule has 0 unspecified atom stereocenters. The molecule has 1 fully saturated rings. The van der Waals surface area contributed by atoms with E-state index in [-0.39, 0.29) is 5.97 Å². The molecule has 0 spiro atoms.